The molecule has 6 heteroatoms. The maximum Gasteiger partial charge on any atom is 0.263 e. The molecule has 0 spiro atoms. The quantitative estimate of drug-likeness (QED) is 0.601. The van der Waals surface area contributed by atoms with Gasteiger partial charge in [-0.25, -0.2) is 4.98 Å². The maximum absolute atomic E-state index is 12.2. The Hall–Kier alpha value is -1.04. The fourth-order valence-electron chi connectivity index (χ4n) is 1.82. The van der Waals surface area contributed by atoms with Crippen LogP contribution in [0.2, 0.25) is 5.02 Å². The summed E-state index contributed by atoms with van der Waals surface area (Å²) in [5.41, 5.74) is 0.816. The van der Waals surface area contributed by atoms with Crippen LogP contribution in [0.5, 0.6) is 0 Å². The first kappa shape index (κ1) is 17.3. The van der Waals surface area contributed by atoms with Crippen LogP contribution in [0, 0.1) is 6.92 Å². The number of nitrogens with zero attached hydrogens (tertiary/aromatic N) is 1. The molecule has 22 heavy (non-hydrogen) atoms. The molecule has 0 aliphatic rings. The van der Waals surface area contributed by atoms with Crippen molar-refractivity contribution in [2.45, 2.75) is 31.6 Å². The minimum absolute atomic E-state index is 0.0291. The third-order valence-electron chi connectivity index (χ3n) is 2.98. The highest BCUT2D eigenvalue weighted by atomic mass is 35.5. The summed E-state index contributed by atoms with van der Waals surface area (Å²) in [5, 5.41) is 4.71. The number of aromatic nitrogens is 1. The third kappa shape index (κ3) is 4.73. The molecule has 1 N–H and O–H groups in total. The Labute approximate surface area is 144 Å². The summed E-state index contributed by atoms with van der Waals surface area (Å²) in [4.78, 5) is 18.5. The normalized spacial score (nSPS) is 11.0. The van der Waals surface area contributed by atoms with Gasteiger partial charge < -0.3 is 5.32 Å². The summed E-state index contributed by atoms with van der Waals surface area (Å²) in [6, 6.07) is 7.71. The van der Waals surface area contributed by atoms with E-state index in [2.05, 4.69) is 24.1 Å². The summed E-state index contributed by atoms with van der Waals surface area (Å²) >= 11 is 9.03. The number of carbonyl (C=O) groups excluding carboxylic acids is 1. The maximum atomic E-state index is 12.2. The van der Waals surface area contributed by atoms with Crippen LogP contribution in [-0.4, -0.2) is 23.2 Å². The summed E-state index contributed by atoms with van der Waals surface area (Å²) in [6.45, 7) is 6.69. The van der Waals surface area contributed by atoms with Crippen molar-refractivity contribution >= 4 is 40.6 Å². The van der Waals surface area contributed by atoms with Crippen LogP contribution in [0.4, 0.5) is 0 Å². The molecule has 0 unspecified atom stereocenters. The first-order valence-electron chi connectivity index (χ1n) is 7.11. The Morgan fingerprint density at radius 2 is 2.05 bits per heavy atom. The summed E-state index contributed by atoms with van der Waals surface area (Å²) in [5.74, 6) is 1.15. The largest absolute Gasteiger partial charge is 0.350 e. The van der Waals surface area contributed by atoms with E-state index in [1.807, 2.05) is 31.2 Å². The molecule has 1 amide bonds. The molecule has 0 atom stereocenters. The fourth-order valence-corrected chi connectivity index (χ4v) is 3.70. The lowest BCUT2D eigenvalue weighted by atomic mass is 10.2. The Bertz CT molecular complexity index is 638. The van der Waals surface area contributed by atoms with Gasteiger partial charge in [-0.1, -0.05) is 25.4 Å². The van der Waals surface area contributed by atoms with E-state index in [4.69, 9.17) is 11.6 Å². The number of carbonyl (C=O) groups is 1. The molecular weight excluding hydrogens is 336 g/mol. The number of halogens is 1. The minimum atomic E-state index is -0.0291. The molecule has 0 fully saturated rings. The monoisotopic (exact) mass is 354 g/mol. The number of thiazole rings is 1. The van der Waals surface area contributed by atoms with Gasteiger partial charge >= 0.3 is 0 Å². The Kier molecular flexibility index (Phi) is 6.29. The van der Waals surface area contributed by atoms with Gasteiger partial charge in [-0.15, -0.1) is 23.1 Å². The van der Waals surface area contributed by atoms with Gasteiger partial charge in [0.1, 0.15) is 4.88 Å². The number of nitrogens with one attached hydrogen (secondary N) is 1. The van der Waals surface area contributed by atoms with Crippen molar-refractivity contribution in [3.05, 3.63) is 44.9 Å². The lowest BCUT2D eigenvalue weighted by Gasteiger charge is -2.04. The second-order valence-corrected chi connectivity index (χ2v) is 7.82. The second kappa shape index (κ2) is 7.99. The van der Waals surface area contributed by atoms with Crippen LogP contribution in [-0.2, 0) is 0 Å². The number of hydrogen-bond donors (Lipinski definition) is 1. The first-order valence-corrected chi connectivity index (χ1v) is 9.29. The first-order chi connectivity index (χ1) is 10.5. The van der Waals surface area contributed by atoms with Crippen LogP contribution in [0.3, 0.4) is 0 Å². The standard InChI is InChI=1S/C16H19ClN2OS2/c1-10(2)16-19-11(3)14(22-16)15(20)18-8-9-21-13-6-4-12(17)5-7-13/h4-7,10H,8-9H2,1-3H3,(H,18,20). The zero-order valence-corrected chi connectivity index (χ0v) is 15.2. The van der Waals surface area contributed by atoms with Gasteiger partial charge in [0.05, 0.1) is 10.7 Å². The number of benzene rings is 1. The summed E-state index contributed by atoms with van der Waals surface area (Å²) in [6.07, 6.45) is 0. The third-order valence-corrected chi connectivity index (χ3v) is 5.71. The molecule has 0 aliphatic carbocycles. The number of rotatable bonds is 6. The van der Waals surface area contributed by atoms with Gasteiger partial charge in [-0.2, -0.15) is 0 Å². The van der Waals surface area contributed by atoms with Crippen LogP contribution in [0.25, 0.3) is 0 Å². The van der Waals surface area contributed by atoms with Crippen LogP contribution >= 0.6 is 34.7 Å². The summed E-state index contributed by atoms with van der Waals surface area (Å²) < 4.78 is 0. The molecule has 3 nitrogen and oxygen atoms in total. The van der Waals surface area contributed by atoms with Crippen LogP contribution in [0.1, 0.15) is 40.1 Å². The molecule has 2 rings (SSSR count). The average molecular weight is 355 g/mol. The van der Waals surface area contributed by atoms with E-state index < -0.39 is 0 Å². The Balaban J connectivity index is 1.81. The molecule has 118 valence electrons. The van der Waals surface area contributed by atoms with E-state index in [0.717, 1.165) is 31.2 Å². The van der Waals surface area contributed by atoms with Gasteiger partial charge in [0.25, 0.3) is 5.91 Å². The van der Waals surface area contributed by atoms with Crippen molar-refractivity contribution in [3.63, 3.8) is 0 Å². The second-order valence-electron chi connectivity index (χ2n) is 5.18. The minimum Gasteiger partial charge on any atom is -0.350 e. The van der Waals surface area contributed by atoms with Crippen molar-refractivity contribution in [2.24, 2.45) is 0 Å². The van der Waals surface area contributed by atoms with Gasteiger partial charge in [-0.05, 0) is 31.2 Å². The molecule has 1 heterocycles. The molecular formula is C16H19ClN2OS2. The number of aryl methyl sites for hydroxylation is 1. The van der Waals surface area contributed by atoms with Gasteiger partial charge in [0.15, 0.2) is 0 Å². The smallest absolute Gasteiger partial charge is 0.263 e. The molecule has 0 radical (unpaired) electrons. The topological polar surface area (TPSA) is 42.0 Å². The lowest BCUT2D eigenvalue weighted by molar-refractivity contribution is 0.0959. The number of hydrogen-bond acceptors (Lipinski definition) is 4. The Morgan fingerprint density at radius 3 is 2.64 bits per heavy atom. The highest BCUT2D eigenvalue weighted by Gasteiger charge is 2.16. The number of amides is 1. The highest BCUT2D eigenvalue weighted by Crippen LogP contribution is 2.24. The van der Waals surface area contributed by atoms with Crippen molar-refractivity contribution in [2.75, 3.05) is 12.3 Å². The average Bonchev–Trinajstić information content (AvgIpc) is 2.87. The predicted octanol–water partition coefficient (Wildman–Crippen LogP) is 4.75. The van der Waals surface area contributed by atoms with Crippen molar-refractivity contribution in [3.8, 4) is 0 Å². The molecule has 2 aromatic rings. The van der Waals surface area contributed by atoms with Gasteiger partial charge in [-0.3, -0.25) is 4.79 Å². The molecule has 0 bridgehead atoms. The van der Waals surface area contributed by atoms with Crippen LogP contribution in [0.15, 0.2) is 29.2 Å². The van der Waals surface area contributed by atoms with Gasteiger partial charge in [0, 0.05) is 28.1 Å². The highest BCUT2D eigenvalue weighted by molar-refractivity contribution is 7.99. The zero-order valence-electron chi connectivity index (χ0n) is 12.9. The van der Waals surface area contributed by atoms with E-state index in [1.54, 1.807) is 11.8 Å². The molecule has 1 aromatic heterocycles. The molecule has 0 saturated carbocycles. The SMILES string of the molecule is Cc1nc(C(C)C)sc1C(=O)NCCSc1ccc(Cl)cc1. The van der Waals surface area contributed by atoms with E-state index in [0.29, 0.717) is 12.5 Å². The molecule has 1 aromatic carbocycles. The van der Waals surface area contributed by atoms with E-state index in [9.17, 15) is 4.79 Å². The Morgan fingerprint density at radius 1 is 1.36 bits per heavy atom. The van der Waals surface area contributed by atoms with Crippen molar-refractivity contribution in [1.82, 2.24) is 10.3 Å². The lowest BCUT2D eigenvalue weighted by Crippen LogP contribution is -2.25. The fraction of sp³-hybridized carbons (Fsp3) is 0.375. The molecule has 0 aliphatic heterocycles. The van der Waals surface area contributed by atoms with Crippen LogP contribution < -0.4 is 5.32 Å². The number of thioether (sulfide) groups is 1. The van der Waals surface area contributed by atoms with Gasteiger partial charge in [0.2, 0.25) is 0 Å². The zero-order chi connectivity index (χ0) is 16.1. The van der Waals surface area contributed by atoms with Crippen molar-refractivity contribution < 1.29 is 4.79 Å². The summed E-state index contributed by atoms with van der Waals surface area (Å²) in [7, 11) is 0. The van der Waals surface area contributed by atoms with E-state index in [-0.39, 0.29) is 5.91 Å². The molecule has 0 saturated heterocycles. The van der Waals surface area contributed by atoms with E-state index >= 15 is 0 Å². The predicted molar refractivity (Wildman–Crippen MR) is 95.4 cm³/mol. The van der Waals surface area contributed by atoms with E-state index in [1.165, 1.54) is 11.3 Å². The van der Waals surface area contributed by atoms with Crippen molar-refractivity contribution in [1.29, 1.82) is 0 Å².